The Morgan fingerprint density at radius 1 is 1.38 bits per heavy atom. The number of hydrogen-bond acceptors (Lipinski definition) is 3. The summed E-state index contributed by atoms with van der Waals surface area (Å²) in [6.07, 6.45) is 2.32. The zero-order chi connectivity index (χ0) is 15.1. The standard InChI is InChI=1S/C16H23ClN2OS/c1-2-19(11-13-5-3-4-6-15(13)17)16(20)12-21-14-7-9-18-10-8-14/h3-6,14,18H,2,7-12H2,1H3. The Balaban J connectivity index is 1.85. The zero-order valence-corrected chi connectivity index (χ0v) is 14.1. The van der Waals surface area contributed by atoms with Gasteiger partial charge in [-0.05, 0) is 44.5 Å². The van der Waals surface area contributed by atoms with Crippen LogP contribution in [0.4, 0.5) is 0 Å². The molecule has 1 fully saturated rings. The van der Waals surface area contributed by atoms with E-state index >= 15 is 0 Å². The number of carbonyl (C=O) groups excluding carboxylic acids is 1. The van der Waals surface area contributed by atoms with E-state index in [1.807, 2.05) is 36.1 Å². The fourth-order valence-electron chi connectivity index (χ4n) is 2.45. The van der Waals surface area contributed by atoms with Crippen LogP contribution in [0.2, 0.25) is 5.02 Å². The molecule has 21 heavy (non-hydrogen) atoms. The van der Waals surface area contributed by atoms with Gasteiger partial charge >= 0.3 is 0 Å². The van der Waals surface area contributed by atoms with Crippen molar-refractivity contribution < 1.29 is 4.79 Å². The van der Waals surface area contributed by atoms with Gasteiger partial charge in [0.05, 0.1) is 5.75 Å². The predicted octanol–water partition coefficient (Wildman–Crippen LogP) is 3.17. The van der Waals surface area contributed by atoms with E-state index in [2.05, 4.69) is 5.32 Å². The molecule has 1 amide bonds. The average molecular weight is 327 g/mol. The van der Waals surface area contributed by atoms with Gasteiger partial charge in [0.15, 0.2) is 0 Å². The van der Waals surface area contributed by atoms with E-state index in [1.54, 1.807) is 11.8 Å². The second kappa shape index (κ2) is 8.66. The second-order valence-electron chi connectivity index (χ2n) is 5.26. The van der Waals surface area contributed by atoms with Crippen LogP contribution in [0.1, 0.15) is 25.3 Å². The van der Waals surface area contributed by atoms with Gasteiger partial charge in [-0.15, -0.1) is 11.8 Å². The summed E-state index contributed by atoms with van der Waals surface area (Å²) in [5, 5.41) is 4.70. The molecule has 1 aromatic rings. The quantitative estimate of drug-likeness (QED) is 0.871. The first kappa shape index (κ1) is 16.7. The maximum absolute atomic E-state index is 12.4. The van der Waals surface area contributed by atoms with Crippen LogP contribution < -0.4 is 5.32 Å². The van der Waals surface area contributed by atoms with Gasteiger partial charge in [-0.3, -0.25) is 4.79 Å². The summed E-state index contributed by atoms with van der Waals surface area (Å²) in [5.74, 6) is 0.782. The molecular formula is C16H23ClN2OS. The van der Waals surface area contributed by atoms with Crippen LogP contribution in [0.3, 0.4) is 0 Å². The minimum atomic E-state index is 0.209. The molecule has 0 saturated carbocycles. The van der Waals surface area contributed by atoms with Crippen molar-refractivity contribution in [3.63, 3.8) is 0 Å². The van der Waals surface area contributed by atoms with E-state index in [-0.39, 0.29) is 5.91 Å². The summed E-state index contributed by atoms with van der Waals surface area (Å²) in [6, 6.07) is 7.73. The summed E-state index contributed by atoms with van der Waals surface area (Å²) >= 11 is 7.98. The van der Waals surface area contributed by atoms with Crippen LogP contribution >= 0.6 is 23.4 Å². The highest BCUT2D eigenvalue weighted by molar-refractivity contribution is 8.00. The number of halogens is 1. The smallest absolute Gasteiger partial charge is 0.232 e. The van der Waals surface area contributed by atoms with Crippen molar-refractivity contribution >= 4 is 29.3 Å². The van der Waals surface area contributed by atoms with Crippen molar-refractivity contribution in [1.29, 1.82) is 0 Å². The minimum absolute atomic E-state index is 0.209. The molecule has 1 saturated heterocycles. The first-order valence-corrected chi connectivity index (χ1v) is 8.97. The van der Waals surface area contributed by atoms with Crippen LogP contribution in [0.15, 0.2) is 24.3 Å². The third-order valence-corrected chi connectivity index (χ3v) is 5.51. The number of benzene rings is 1. The maximum Gasteiger partial charge on any atom is 0.232 e. The zero-order valence-electron chi connectivity index (χ0n) is 12.5. The third kappa shape index (κ3) is 5.20. The Hall–Kier alpha value is -0.710. The van der Waals surface area contributed by atoms with Crippen LogP contribution in [0, 0.1) is 0 Å². The largest absolute Gasteiger partial charge is 0.338 e. The molecule has 3 nitrogen and oxygen atoms in total. The van der Waals surface area contributed by atoms with Crippen molar-refractivity contribution in [2.24, 2.45) is 0 Å². The fourth-order valence-corrected chi connectivity index (χ4v) is 3.78. The van der Waals surface area contributed by atoms with Crippen molar-refractivity contribution in [2.75, 3.05) is 25.4 Å². The number of piperidine rings is 1. The minimum Gasteiger partial charge on any atom is -0.338 e. The average Bonchev–Trinajstić information content (AvgIpc) is 2.53. The van der Waals surface area contributed by atoms with E-state index in [1.165, 1.54) is 0 Å². The Kier molecular flexibility index (Phi) is 6.87. The number of hydrogen-bond donors (Lipinski definition) is 1. The lowest BCUT2D eigenvalue weighted by atomic mass is 10.2. The van der Waals surface area contributed by atoms with Crippen LogP contribution in [-0.4, -0.2) is 41.4 Å². The number of carbonyl (C=O) groups is 1. The van der Waals surface area contributed by atoms with E-state index in [0.717, 1.165) is 43.1 Å². The molecule has 1 aliphatic heterocycles. The number of nitrogens with one attached hydrogen (secondary N) is 1. The SMILES string of the molecule is CCN(Cc1ccccc1Cl)C(=O)CSC1CCNCC1. The Morgan fingerprint density at radius 2 is 2.10 bits per heavy atom. The van der Waals surface area contributed by atoms with Gasteiger partial charge in [0, 0.05) is 23.4 Å². The van der Waals surface area contributed by atoms with Crippen LogP contribution in [0.25, 0.3) is 0 Å². The normalized spacial score (nSPS) is 15.9. The van der Waals surface area contributed by atoms with Gasteiger partial charge in [0.25, 0.3) is 0 Å². The summed E-state index contributed by atoms with van der Waals surface area (Å²) in [7, 11) is 0. The Labute approximate surface area is 136 Å². The topological polar surface area (TPSA) is 32.3 Å². The lowest BCUT2D eigenvalue weighted by Gasteiger charge is -2.25. The molecule has 0 unspecified atom stereocenters. The Bertz CT molecular complexity index is 463. The summed E-state index contributed by atoms with van der Waals surface area (Å²) < 4.78 is 0. The molecule has 0 aromatic heterocycles. The molecule has 1 aliphatic rings. The van der Waals surface area contributed by atoms with Crippen molar-refractivity contribution in [2.45, 2.75) is 31.6 Å². The van der Waals surface area contributed by atoms with Gasteiger partial charge in [-0.2, -0.15) is 0 Å². The number of thioether (sulfide) groups is 1. The lowest BCUT2D eigenvalue weighted by molar-refractivity contribution is -0.128. The van der Waals surface area contributed by atoms with Crippen molar-refractivity contribution in [3.05, 3.63) is 34.9 Å². The van der Waals surface area contributed by atoms with Crippen molar-refractivity contribution in [1.82, 2.24) is 10.2 Å². The molecular weight excluding hydrogens is 304 g/mol. The van der Waals surface area contributed by atoms with E-state index in [4.69, 9.17) is 11.6 Å². The molecule has 5 heteroatoms. The van der Waals surface area contributed by atoms with E-state index in [0.29, 0.717) is 17.5 Å². The van der Waals surface area contributed by atoms with Gasteiger partial charge in [0.2, 0.25) is 5.91 Å². The molecule has 2 rings (SSSR count). The van der Waals surface area contributed by atoms with Gasteiger partial charge in [0.1, 0.15) is 0 Å². The monoisotopic (exact) mass is 326 g/mol. The van der Waals surface area contributed by atoms with E-state index < -0.39 is 0 Å². The van der Waals surface area contributed by atoms with Gasteiger partial charge < -0.3 is 10.2 Å². The molecule has 1 N–H and O–H groups in total. The fraction of sp³-hybridized carbons (Fsp3) is 0.562. The molecule has 0 aliphatic carbocycles. The highest BCUT2D eigenvalue weighted by Crippen LogP contribution is 2.22. The summed E-state index contributed by atoms with van der Waals surface area (Å²) in [5.41, 5.74) is 1.02. The molecule has 0 bridgehead atoms. The van der Waals surface area contributed by atoms with E-state index in [9.17, 15) is 4.79 Å². The molecule has 116 valence electrons. The number of nitrogens with zero attached hydrogens (tertiary/aromatic N) is 1. The molecule has 0 atom stereocenters. The number of rotatable bonds is 6. The maximum atomic E-state index is 12.4. The lowest BCUT2D eigenvalue weighted by Crippen LogP contribution is -2.34. The van der Waals surface area contributed by atoms with Gasteiger partial charge in [-0.1, -0.05) is 29.8 Å². The van der Waals surface area contributed by atoms with Crippen LogP contribution in [0.5, 0.6) is 0 Å². The Morgan fingerprint density at radius 3 is 2.76 bits per heavy atom. The summed E-state index contributed by atoms with van der Waals surface area (Å²) in [6.45, 7) is 5.48. The molecule has 0 radical (unpaired) electrons. The number of amides is 1. The second-order valence-corrected chi connectivity index (χ2v) is 6.96. The molecule has 0 spiro atoms. The predicted molar refractivity (Wildman–Crippen MR) is 90.9 cm³/mol. The van der Waals surface area contributed by atoms with Crippen molar-refractivity contribution in [3.8, 4) is 0 Å². The first-order valence-electron chi connectivity index (χ1n) is 7.54. The third-order valence-electron chi connectivity index (χ3n) is 3.78. The van der Waals surface area contributed by atoms with Gasteiger partial charge in [-0.25, -0.2) is 0 Å². The first-order chi connectivity index (χ1) is 10.2. The summed E-state index contributed by atoms with van der Waals surface area (Å²) in [4.78, 5) is 14.3. The highest BCUT2D eigenvalue weighted by Gasteiger charge is 2.18. The molecule has 1 heterocycles. The molecule has 1 aromatic carbocycles. The highest BCUT2D eigenvalue weighted by atomic mass is 35.5. The van der Waals surface area contributed by atoms with Crippen LogP contribution in [-0.2, 0) is 11.3 Å².